The molecule has 3 aliphatic rings. The lowest BCUT2D eigenvalue weighted by molar-refractivity contribution is -0.252. The Kier molecular flexibility index (Phi) is 3.19. The zero-order chi connectivity index (χ0) is 14.8. The lowest BCUT2D eigenvalue weighted by Gasteiger charge is -2.34. The van der Waals surface area contributed by atoms with Gasteiger partial charge in [-0.15, -0.1) is 0 Å². The van der Waals surface area contributed by atoms with Crippen LogP contribution in [0, 0.1) is 0 Å². The number of ether oxygens (including phenoxy) is 5. The first-order chi connectivity index (χ1) is 9.17. The fourth-order valence-corrected chi connectivity index (χ4v) is 3.05. The van der Waals surface area contributed by atoms with E-state index >= 15 is 0 Å². The monoisotopic (exact) mass is 290 g/mol. The average Bonchev–Trinajstić information content (AvgIpc) is 2.91. The Labute approximate surface area is 117 Å². The van der Waals surface area contributed by atoms with Crippen LogP contribution in [0.3, 0.4) is 0 Å². The van der Waals surface area contributed by atoms with Gasteiger partial charge in [0.1, 0.15) is 23.9 Å². The van der Waals surface area contributed by atoms with Crippen LogP contribution >= 0.6 is 0 Å². The molecule has 0 aromatic carbocycles. The number of aliphatic hydroxyl groups is 2. The molecule has 3 aliphatic heterocycles. The van der Waals surface area contributed by atoms with Crippen LogP contribution in [0.4, 0.5) is 0 Å². The van der Waals surface area contributed by atoms with E-state index in [1.165, 1.54) is 0 Å². The second-order valence-electron chi connectivity index (χ2n) is 6.50. The van der Waals surface area contributed by atoms with Gasteiger partial charge in [-0.25, -0.2) is 0 Å². The summed E-state index contributed by atoms with van der Waals surface area (Å²) in [6.07, 6.45) is -2.72. The number of aliphatic hydroxyl groups excluding tert-OH is 1. The van der Waals surface area contributed by atoms with Crippen LogP contribution in [-0.4, -0.2) is 65.2 Å². The van der Waals surface area contributed by atoms with Gasteiger partial charge in [0.15, 0.2) is 17.9 Å². The van der Waals surface area contributed by atoms with Crippen LogP contribution in [0.15, 0.2) is 0 Å². The maximum Gasteiger partial charge on any atom is 0.190 e. The van der Waals surface area contributed by atoms with Crippen molar-refractivity contribution in [1.29, 1.82) is 0 Å². The minimum atomic E-state index is -1.58. The summed E-state index contributed by atoms with van der Waals surface area (Å²) in [6, 6.07) is 0. The molecular weight excluding hydrogens is 268 g/mol. The highest BCUT2D eigenvalue weighted by molar-refractivity contribution is 5.08. The normalized spacial score (nSPS) is 49.5. The molecule has 2 N–H and O–H groups in total. The Morgan fingerprint density at radius 2 is 1.70 bits per heavy atom. The third-order valence-corrected chi connectivity index (χ3v) is 3.95. The number of fused-ring (bicyclic) bond motifs is 1. The Hall–Kier alpha value is -0.280. The highest BCUT2D eigenvalue weighted by Crippen LogP contribution is 2.45. The Bertz CT molecular complexity index is 396. The fraction of sp³-hybridized carbons (Fsp3) is 1.00. The molecule has 0 saturated carbocycles. The van der Waals surface area contributed by atoms with Crippen molar-refractivity contribution in [3.8, 4) is 0 Å². The molecule has 0 radical (unpaired) electrons. The van der Waals surface area contributed by atoms with Gasteiger partial charge in [0.25, 0.3) is 0 Å². The van der Waals surface area contributed by atoms with Gasteiger partial charge >= 0.3 is 0 Å². The zero-order valence-corrected chi connectivity index (χ0v) is 12.2. The standard InChI is InChI=1S/C13H22O7/c1-11(2)16-5-7(18-11)8-13(15,6-14)9-10(17-8)20-12(3,4)19-9/h7-10,14-15H,5-6H2,1-4H3/t7-,8-,9+,10-,13-/m1/s1. The summed E-state index contributed by atoms with van der Waals surface area (Å²) < 4.78 is 28.2. The van der Waals surface area contributed by atoms with E-state index in [2.05, 4.69) is 0 Å². The Balaban J connectivity index is 1.81. The first-order valence-corrected chi connectivity index (χ1v) is 6.83. The molecule has 0 aromatic rings. The zero-order valence-electron chi connectivity index (χ0n) is 12.2. The van der Waals surface area contributed by atoms with Gasteiger partial charge in [0, 0.05) is 0 Å². The second-order valence-corrected chi connectivity index (χ2v) is 6.50. The molecule has 3 fully saturated rings. The summed E-state index contributed by atoms with van der Waals surface area (Å²) in [5, 5.41) is 20.4. The summed E-state index contributed by atoms with van der Waals surface area (Å²) >= 11 is 0. The van der Waals surface area contributed by atoms with Crippen LogP contribution in [0.25, 0.3) is 0 Å². The SMILES string of the molecule is CC1(C)OC[C@H]([C@H]2O[C@@H]3OC(C)(C)O[C@@H]3[C@@]2(O)CO)O1. The predicted octanol–water partition coefficient (Wildman–Crippen LogP) is -0.262. The molecule has 0 aliphatic carbocycles. The van der Waals surface area contributed by atoms with E-state index in [1.54, 1.807) is 27.7 Å². The smallest absolute Gasteiger partial charge is 0.190 e. The van der Waals surface area contributed by atoms with Gasteiger partial charge < -0.3 is 33.9 Å². The maximum absolute atomic E-state index is 10.8. The van der Waals surface area contributed by atoms with Crippen molar-refractivity contribution in [2.75, 3.05) is 13.2 Å². The fourth-order valence-electron chi connectivity index (χ4n) is 3.05. The van der Waals surface area contributed by atoms with Crippen molar-refractivity contribution in [3.05, 3.63) is 0 Å². The molecule has 0 aromatic heterocycles. The Morgan fingerprint density at radius 3 is 2.25 bits per heavy atom. The summed E-state index contributed by atoms with van der Waals surface area (Å²) in [6.45, 7) is 6.83. The molecule has 20 heavy (non-hydrogen) atoms. The van der Waals surface area contributed by atoms with Crippen molar-refractivity contribution in [1.82, 2.24) is 0 Å². The van der Waals surface area contributed by atoms with Crippen LogP contribution < -0.4 is 0 Å². The molecule has 0 bridgehead atoms. The largest absolute Gasteiger partial charge is 0.393 e. The molecule has 3 heterocycles. The molecule has 0 unspecified atom stereocenters. The molecule has 5 atom stereocenters. The molecule has 3 rings (SSSR count). The average molecular weight is 290 g/mol. The molecule has 7 nitrogen and oxygen atoms in total. The predicted molar refractivity (Wildman–Crippen MR) is 65.6 cm³/mol. The van der Waals surface area contributed by atoms with Crippen molar-refractivity contribution in [3.63, 3.8) is 0 Å². The summed E-state index contributed by atoms with van der Waals surface area (Å²) in [4.78, 5) is 0. The topological polar surface area (TPSA) is 86.6 Å². The minimum absolute atomic E-state index is 0.281. The van der Waals surface area contributed by atoms with Gasteiger partial charge in [-0.1, -0.05) is 0 Å². The minimum Gasteiger partial charge on any atom is -0.393 e. The first kappa shape index (κ1) is 14.6. The van der Waals surface area contributed by atoms with Crippen LogP contribution in [0.5, 0.6) is 0 Å². The van der Waals surface area contributed by atoms with Crippen LogP contribution in [0.2, 0.25) is 0 Å². The van der Waals surface area contributed by atoms with Crippen molar-refractivity contribution < 1.29 is 33.9 Å². The van der Waals surface area contributed by atoms with E-state index < -0.39 is 48.4 Å². The van der Waals surface area contributed by atoms with E-state index in [0.29, 0.717) is 0 Å². The summed E-state index contributed by atoms with van der Waals surface area (Å²) in [5.41, 5.74) is -1.58. The van der Waals surface area contributed by atoms with Crippen molar-refractivity contribution in [2.24, 2.45) is 0 Å². The molecule has 116 valence electrons. The highest BCUT2D eigenvalue weighted by Gasteiger charge is 2.65. The Morgan fingerprint density at radius 1 is 1.00 bits per heavy atom. The lowest BCUT2D eigenvalue weighted by Crippen LogP contribution is -2.56. The summed E-state index contributed by atoms with van der Waals surface area (Å²) in [5.74, 6) is -1.58. The van der Waals surface area contributed by atoms with Crippen LogP contribution in [-0.2, 0) is 23.7 Å². The molecule has 3 saturated heterocycles. The van der Waals surface area contributed by atoms with Crippen molar-refractivity contribution >= 4 is 0 Å². The highest BCUT2D eigenvalue weighted by atomic mass is 16.8. The van der Waals surface area contributed by atoms with E-state index in [0.717, 1.165) is 0 Å². The third kappa shape index (κ3) is 2.18. The van der Waals surface area contributed by atoms with Gasteiger partial charge in [0.2, 0.25) is 0 Å². The van der Waals surface area contributed by atoms with Gasteiger partial charge in [-0.2, -0.15) is 0 Å². The second kappa shape index (κ2) is 4.36. The third-order valence-electron chi connectivity index (χ3n) is 3.95. The van der Waals surface area contributed by atoms with Crippen LogP contribution in [0.1, 0.15) is 27.7 Å². The number of rotatable bonds is 2. The molecular formula is C13H22O7. The van der Waals surface area contributed by atoms with E-state index in [4.69, 9.17) is 23.7 Å². The van der Waals surface area contributed by atoms with E-state index in [-0.39, 0.29) is 6.61 Å². The maximum atomic E-state index is 10.8. The summed E-state index contributed by atoms with van der Waals surface area (Å²) in [7, 11) is 0. The van der Waals surface area contributed by atoms with Crippen molar-refractivity contribution in [2.45, 2.75) is 69.5 Å². The number of hydrogen-bond acceptors (Lipinski definition) is 7. The van der Waals surface area contributed by atoms with Gasteiger partial charge in [-0.3, -0.25) is 0 Å². The van der Waals surface area contributed by atoms with Gasteiger partial charge in [-0.05, 0) is 27.7 Å². The lowest BCUT2D eigenvalue weighted by atomic mass is 9.90. The van der Waals surface area contributed by atoms with Gasteiger partial charge in [0.05, 0.1) is 13.2 Å². The molecule has 0 spiro atoms. The number of hydrogen-bond donors (Lipinski definition) is 2. The first-order valence-electron chi connectivity index (χ1n) is 6.83. The molecule has 0 amide bonds. The van der Waals surface area contributed by atoms with E-state index in [9.17, 15) is 10.2 Å². The quantitative estimate of drug-likeness (QED) is 0.724. The molecule has 7 heteroatoms. The van der Waals surface area contributed by atoms with E-state index in [1.807, 2.05) is 0 Å².